The lowest BCUT2D eigenvalue weighted by atomic mass is 10.2. The Bertz CT molecular complexity index is 1160. The van der Waals surface area contributed by atoms with E-state index in [-0.39, 0.29) is 11.8 Å². The maximum Gasteiger partial charge on any atom is 0.319 e. The minimum Gasteiger partial charge on any atom is -0.489 e. The van der Waals surface area contributed by atoms with Crippen LogP contribution >= 0.6 is 0 Å². The number of benzene rings is 3. The van der Waals surface area contributed by atoms with Gasteiger partial charge in [-0.1, -0.05) is 36.4 Å². The van der Waals surface area contributed by atoms with E-state index in [9.17, 15) is 9.18 Å². The molecule has 162 valence electrons. The molecule has 0 unspecified atom stereocenters. The maximum absolute atomic E-state index is 13.0. The molecular formula is C25H22FN3O3. The summed E-state index contributed by atoms with van der Waals surface area (Å²) in [6, 6.07) is 22.5. The Balaban J connectivity index is 1.23. The van der Waals surface area contributed by atoms with Crippen LogP contribution in [0.4, 0.5) is 14.9 Å². The van der Waals surface area contributed by atoms with Crippen molar-refractivity contribution in [3.8, 4) is 17.2 Å². The van der Waals surface area contributed by atoms with E-state index in [0.29, 0.717) is 36.9 Å². The Labute approximate surface area is 185 Å². The van der Waals surface area contributed by atoms with E-state index in [4.69, 9.17) is 9.15 Å². The van der Waals surface area contributed by atoms with Gasteiger partial charge in [0.2, 0.25) is 5.89 Å². The topological polar surface area (TPSA) is 76.4 Å². The number of aromatic nitrogens is 1. The van der Waals surface area contributed by atoms with Gasteiger partial charge in [-0.05, 0) is 42.0 Å². The Hall–Kier alpha value is -4.13. The smallest absolute Gasteiger partial charge is 0.319 e. The number of amides is 2. The number of ether oxygens (including phenoxy) is 1. The molecule has 0 bridgehead atoms. The number of anilines is 1. The summed E-state index contributed by atoms with van der Waals surface area (Å²) in [5.41, 5.74) is 3.13. The number of hydrogen-bond donors (Lipinski definition) is 2. The zero-order valence-corrected chi connectivity index (χ0v) is 17.3. The highest BCUT2D eigenvalue weighted by Crippen LogP contribution is 2.19. The summed E-state index contributed by atoms with van der Waals surface area (Å²) in [4.78, 5) is 16.7. The van der Waals surface area contributed by atoms with Gasteiger partial charge in [-0.15, -0.1) is 0 Å². The number of nitrogens with zero attached hydrogens (tertiary/aromatic N) is 1. The molecule has 1 aromatic heterocycles. The molecule has 2 amide bonds. The first kappa shape index (κ1) is 21.1. The molecule has 0 atom stereocenters. The van der Waals surface area contributed by atoms with Crippen LogP contribution in [-0.4, -0.2) is 17.6 Å². The predicted molar refractivity (Wildman–Crippen MR) is 120 cm³/mol. The van der Waals surface area contributed by atoms with Crippen molar-refractivity contribution in [2.45, 2.75) is 13.0 Å². The van der Waals surface area contributed by atoms with Crippen molar-refractivity contribution in [2.75, 3.05) is 11.9 Å². The monoisotopic (exact) mass is 431 g/mol. The van der Waals surface area contributed by atoms with E-state index in [1.165, 1.54) is 12.1 Å². The number of halogens is 1. The third-order valence-corrected chi connectivity index (χ3v) is 4.65. The Kier molecular flexibility index (Phi) is 6.77. The largest absolute Gasteiger partial charge is 0.489 e. The standard InChI is InChI=1S/C25H22FN3O3/c26-20-11-9-18(10-12-20)16-31-23-8-4-7-21(15-23)29-25(30)27-14-13-22-17-32-24(28-22)19-5-2-1-3-6-19/h1-12,15,17H,13-14,16H2,(H2,27,29,30). The van der Waals surface area contributed by atoms with Gasteiger partial charge in [-0.3, -0.25) is 0 Å². The normalized spacial score (nSPS) is 10.5. The SMILES string of the molecule is O=C(NCCc1coc(-c2ccccc2)n1)Nc1cccc(OCc2ccc(F)cc2)c1. The first-order valence-corrected chi connectivity index (χ1v) is 10.2. The molecule has 4 aromatic rings. The molecule has 2 N–H and O–H groups in total. The minimum atomic E-state index is -0.326. The van der Waals surface area contributed by atoms with Crippen LogP contribution in [0.1, 0.15) is 11.3 Å². The van der Waals surface area contributed by atoms with Gasteiger partial charge in [0.25, 0.3) is 0 Å². The molecule has 0 aliphatic carbocycles. The quantitative estimate of drug-likeness (QED) is 0.390. The summed E-state index contributed by atoms with van der Waals surface area (Å²) in [7, 11) is 0. The Morgan fingerprint density at radius 2 is 1.81 bits per heavy atom. The highest BCUT2D eigenvalue weighted by molar-refractivity contribution is 5.89. The molecule has 0 saturated heterocycles. The first-order chi connectivity index (χ1) is 15.7. The van der Waals surface area contributed by atoms with Crippen LogP contribution in [0.15, 0.2) is 89.5 Å². The molecule has 32 heavy (non-hydrogen) atoms. The highest BCUT2D eigenvalue weighted by Gasteiger charge is 2.08. The number of rotatable bonds is 8. The lowest BCUT2D eigenvalue weighted by Crippen LogP contribution is -2.30. The fourth-order valence-electron chi connectivity index (χ4n) is 3.03. The highest BCUT2D eigenvalue weighted by atomic mass is 19.1. The number of carbonyl (C=O) groups is 1. The molecule has 0 fully saturated rings. The number of urea groups is 1. The maximum atomic E-state index is 13.0. The molecule has 6 nitrogen and oxygen atoms in total. The number of hydrogen-bond acceptors (Lipinski definition) is 4. The van der Waals surface area contributed by atoms with Gasteiger partial charge in [0.1, 0.15) is 24.4 Å². The second-order valence-electron chi connectivity index (χ2n) is 7.08. The summed E-state index contributed by atoms with van der Waals surface area (Å²) < 4.78 is 24.2. The lowest BCUT2D eigenvalue weighted by molar-refractivity contribution is 0.252. The van der Waals surface area contributed by atoms with Crippen molar-refractivity contribution < 1.29 is 18.3 Å². The zero-order chi connectivity index (χ0) is 22.2. The van der Waals surface area contributed by atoms with Crippen LogP contribution in [0.5, 0.6) is 5.75 Å². The molecule has 7 heteroatoms. The summed E-state index contributed by atoms with van der Waals surface area (Å²) in [6.45, 7) is 0.714. The van der Waals surface area contributed by atoms with Crippen LogP contribution in [0.2, 0.25) is 0 Å². The number of carbonyl (C=O) groups excluding carboxylic acids is 1. The van der Waals surface area contributed by atoms with Gasteiger partial charge < -0.3 is 19.8 Å². The van der Waals surface area contributed by atoms with Crippen LogP contribution in [0.3, 0.4) is 0 Å². The second kappa shape index (κ2) is 10.3. The zero-order valence-electron chi connectivity index (χ0n) is 17.3. The van der Waals surface area contributed by atoms with Gasteiger partial charge in [-0.2, -0.15) is 0 Å². The van der Waals surface area contributed by atoms with E-state index < -0.39 is 0 Å². The van der Waals surface area contributed by atoms with Crippen LogP contribution in [-0.2, 0) is 13.0 Å². The molecule has 3 aromatic carbocycles. The van der Waals surface area contributed by atoms with E-state index in [1.807, 2.05) is 30.3 Å². The van der Waals surface area contributed by atoms with Gasteiger partial charge in [0.15, 0.2) is 0 Å². The van der Waals surface area contributed by atoms with E-state index in [0.717, 1.165) is 16.8 Å². The summed E-state index contributed by atoms with van der Waals surface area (Å²) in [5.74, 6) is 0.872. The lowest BCUT2D eigenvalue weighted by Gasteiger charge is -2.10. The predicted octanol–water partition coefficient (Wildman–Crippen LogP) is 5.42. The number of oxazole rings is 1. The van der Waals surface area contributed by atoms with Crippen LogP contribution < -0.4 is 15.4 Å². The van der Waals surface area contributed by atoms with Gasteiger partial charge in [0, 0.05) is 30.3 Å². The Morgan fingerprint density at radius 3 is 2.62 bits per heavy atom. The third-order valence-electron chi connectivity index (χ3n) is 4.65. The molecule has 0 radical (unpaired) electrons. The van der Waals surface area contributed by atoms with Crippen LogP contribution in [0, 0.1) is 5.82 Å². The van der Waals surface area contributed by atoms with E-state index in [2.05, 4.69) is 15.6 Å². The summed E-state index contributed by atoms with van der Waals surface area (Å²) in [6.07, 6.45) is 2.15. The number of nitrogens with one attached hydrogen (secondary N) is 2. The van der Waals surface area contributed by atoms with Crippen molar-refractivity contribution in [2.24, 2.45) is 0 Å². The average molecular weight is 431 g/mol. The Morgan fingerprint density at radius 1 is 1.00 bits per heavy atom. The molecule has 0 aliphatic rings. The average Bonchev–Trinajstić information content (AvgIpc) is 3.28. The van der Waals surface area contributed by atoms with Gasteiger partial charge in [-0.25, -0.2) is 14.2 Å². The van der Waals surface area contributed by atoms with Crippen molar-refractivity contribution in [3.63, 3.8) is 0 Å². The van der Waals surface area contributed by atoms with Crippen molar-refractivity contribution in [3.05, 3.63) is 102 Å². The van der Waals surface area contributed by atoms with Crippen molar-refractivity contribution in [1.29, 1.82) is 0 Å². The second-order valence-corrected chi connectivity index (χ2v) is 7.08. The van der Waals surface area contributed by atoms with E-state index >= 15 is 0 Å². The fraction of sp³-hybridized carbons (Fsp3) is 0.120. The summed E-state index contributed by atoms with van der Waals surface area (Å²) >= 11 is 0. The summed E-state index contributed by atoms with van der Waals surface area (Å²) in [5, 5.41) is 5.59. The van der Waals surface area contributed by atoms with Crippen LogP contribution in [0.25, 0.3) is 11.5 Å². The van der Waals surface area contributed by atoms with Gasteiger partial charge in [0.05, 0.1) is 5.69 Å². The van der Waals surface area contributed by atoms with Crippen molar-refractivity contribution in [1.82, 2.24) is 10.3 Å². The molecule has 0 aliphatic heterocycles. The molecule has 0 saturated carbocycles. The fourth-order valence-corrected chi connectivity index (χ4v) is 3.03. The van der Waals surface area contributed by atoms with Crippen molar-refractivity contribution >= 4 is 11.7 Å². The first-order valence-electron chi connectivity index (χ1n) is 10.2. The minimum absolute atomic E-state index is 0.286. The van der Waals surface area contributed by atoms with Gasteiger partial charge >= 0.3 is 6.03 Å². The van der Waals surface area contributed by atoms with E-state index in [1.54, 1.807) is 42.7 Å². The molecular weight excluding hydrogens is 409 g/mol. The third kappa shape index (κ3) is 5.95. The molecule has 1 heterocycles. The molecule has 0 spiro atoms. The molecule has 4 rings (SSSR count).